The molecular formula is C22H28N6O4. The van der Waals surface area contributed by atoms with Crippen molar-refractivity contribution >= 4 is 17.7 Å². The molecule has 2 aromatic rings. The number of aromatic nitrogens is 3. The van der Waals surface area contributed by atoms with Crippen LogP contribution in [0.3, 0.4) is 0 Å². The highest BCUT2D eigenvalue weighted by Crippen LogP contribution is 2.24. The van der Waals surface area contributed by atoms with Crippen LogP contribution < -0.4 is 5.32 Å². The van der Waals surface area contributed by atoms with Gasteiger partial charge in [-0.25, -0.2) is 0 Å². The number of hydrogen-bond donors (Lipinski definition) is 1. The largest absolute Gasteiger partial charge is 0.378 e. The monoisotopic (exact) mass is 440 g/mol. The van der Waals surface area contributed by atoms with E-state index >= 15 is 0 Å². The van der Waals surface area contributed by atoms with Crippen LogP contribution >= 0.6 is 0 Å². The normalized spacial score (nSPS) is 15.9. The molecule has 4 heterocycles. The molecular weight excluding hydrogens is 412 g/mol. The SMILES string of the molecule is Cn1nc(C(=O)N2CCOCC2)c2c1CCN(C(=O)CCC(=O)NCc1ccccn1)C2. The second kappa shape index (κ2) is 9.90. The Bertz CT molecular complexity index is 984. The zero-order chi connectivity index (χ0) is 22.5. The zero-order valence-corrected chi connectivity index (χ0v) is 18.2. The van der Waals surface area contributed by atoms with Gasteiger partial charge < -0.3 is 19.9 Å². The highest BCUT2D eigenvalue weighted by molar-refractivity contribution is 5.94. The van der Waals surface area contributed by atoms with Gasteiger partial charge in [-0.3, -0.25) is 24.0 Å². The first-order chi connectivity index (χ1) is 15.5. The van der Waals surface area contributed by atoms with E-state index in [1.165, 1.54) is 0 Å². The molecule has 0 aromatic carbocycles. The molecule has 170 valence electrons. The molecule has 2 aliphatic rings. The van der Waals surface area contributed by atoms with Crippen molar-refractivity contribution in [1.29, 1.82) is 0 Å². The van der Waals surface area contributed by atoms with Gasteiger partial charge in [-0.1, -0.05) is 6.07 Å². The predicted molar refractivity (Wildman–Crippen MR) is 114 cm³/mol. The summed E-state index contributed by atoms with van der Waals surface area (Å²) in [4.78, 5) is 45.5. The van der Waals surface area contributed by atoms with Crippen molar-refractivity contribution in [3.63, 3.8) is 0 Å². The second-order valence-electron chi connectivity index (χ2n) is 7.97. The molecule has 10 nitrogen and oxygen atoms in total. The minimum Gasteiger partial charge on any atom is -0.378 e. The lowest BCUT2D eigenvalue weighted by molar-refractivity contribution is -0.134. The molecule has 2 aromatic heterocycles. The number of carbonyl (C=O) groups excluding carboxylic acids is 3. The molecule has 1 saturated heterocycles. The summed E-state index contributed by atoms with van der Waals surface area (Å²) in [6, 6.07) is 5.51. The first-order valence-electron chi connectivity index (χ1n) is 10.9. The smallest absolute Gasteiger partial charge is 0.274 e. The van der Waals surface area contributed by atoms with Crippen molar-refractivity contribution in [3.05, 3.63) is 47.0 Å². The molecule has 4 rings (SSSR count). The van der Waals surface area contributed by atoms with Gasteiger partial charge in [-0.2, -0.15) is 5.10 Å². The summed E-state index contributed by atoms with van der Waals surface area (Å²) in [6.07, 6.45) is 2.54. The van der Waals surface area contributed by atoms with E-state index in [4.69, 9.17) is 4.74 Å². The molecule has 32 heavy (non-hydrogen) atoms. The van der Waals surface area contributed by atoms with E-state index in [9.17, 15) is 14.4 Å². The van der Waals surface area contributed by atoms with Crippen LogP contribution in [-0.2, 0) is 40.9 Å². The maximum absolute atomic E-state index is 13.0. The van der Waals surface area contributed by atoms with Crippen LogP contribution in [0.1, 0.15) is 40.3 Å². The van der Waals surface area contributed by atoms with Crippen molar-refractivity contribution in [2.75, 3.05) is 32.8 Å². The van der Waals surface area contributed by atoms with Gasteiger partial charge in [0, 0.05) is 69.9 Å². The molecule has 0 spiro atoms. The number of amides is 3. The lowest BCUT2D eigenvalue weighted by Gasteiger charge is -2.29. The number of carbonyl (C=O) groups is 3. The number of fused-ring (bicyclic) bond motifs is 1. The van der Waals surface area contributed by atoms with Crippen LogP contribution in [0.2, 0.25) is 0 Å². The highest BCUT2D eigenvalue weighted by Gasteiger charge is 2.31. The number of nitrogens with zero attached hydrogens (tertiary/aromatic N) is 5. The average Bonchev–Trinajstić information content (AvgIpc) is 3.17. The molecule has 1 fully saturated rings. The summed E-state index contributed by atoms with van der Waals surface area (Å²) >= 11 is 0. The molecule has 0 atom stereocenters. The van der Waals surface area contributed by atoms with E-state index in [0.717, 1.165) is 17.0 Å². The van der Waals surface area contributed by atoms with E-state index in [0.29, 0.717) is 58.1 Å². The minimum absolute atomic E-state index is 0.0998. The third kappa shape index (κ3) is 4.96. The van der Waals surface area contributed by atoms with Crippen LogP contribution in [-0.4, -0.2) is 75.1 Å². The van der Waals surface area contributed by atoms with Gasteiger partial charge >= 0.3 is 0 Å². The van der Waals surface area contributed by atoms with E-state index in [1.807, 2.05) is 25.2 Å². The van der Waals surface area contributed by atoms with Crippen molar-refractivity contribution in [2.24, 2.45) is 7.05 Å². The van der Waals surface area contributed by atoms with Gasteiger partial charge in [-0.15, -0.1) is 0 Å². The maximum atomic E-state index is 13.0. The van der Waals surface area contributed by atoms with Crippen LogP contribution in [0.15, 0.2) is 24.4 Å². The topological polar surface area (TPSA) is 110 Å². The van der Waals surface area contributed by atoms with Crippen LogP contribution in [0.5, 0.6) is 0 Å². The van der Waals surface area contributed by atoms with Gasteiger partial charge in [0.15, 0.2) is 5.69 Å². The van der Waals surface area contributed by atoms with Crippen LogP contribution in [0, 0.1) is 0 Å². The van der Waals surface area contributed by atoms with E-state index in [2.05, 4.69) is 15.4 Å². The number of morpholine rings is 1. The van der Waals surface area contributed by atoms with Crippen molar-refractivity contribution in [1.82, 2.24) is 29.9 Å². The Morgan fingerprint density at radius 1 is 1.09 bits per heavy atom. The first kappa shape index (κ1) is 21.9. The Morgan fingerprint density at radius 2 is 1.91 bits per heavy atom. The number of pyridine rings is 1. The molecule has 0 unspecified atom stereocenters. The van der Waals surface area contributed by atoms with Gasteiger partial charge in [0.1, 0.15) is 0 Å². The Labute approximate surface area is 186 Å². The fourth-order valence-electron chi connectivity index (χ4n) is 4.05. The van der Waals surface area contributed by atoms with E-state index < -0.39 is 0 Å². The average molecular weight is 441 g/mol. The quantitative estimate of drug-likeness (QED) is 0.691. The zero-order valence-electron chi connectivity index (χ0n) is 18.2. The van der Waals surface area contributed by atoms with Gasteiger partial charge in [-0.05, 0) is 12.1 Å². The summed E-state index contributed by atoms with van der Waals surface area (Å²) in [5.74, 6) is -0.406. The Balaban J connectivity index is 1.33. The summed E-state index contributed by atoms with van der Waals surface area (Å²) in [5, 5.41) is 7.26. The van der Waals surface area contributed by atoms with Gasteiger partial charge in [0.2, 0.25) is 11.8 Å². The maximum Gasteiger partial charge on any atom is 0.274 e. The van der Waals surface area contributed by atoms with Crippen molar-refractivity contribution < 1.29 is 19.1 Å². The number of aryl methyl sites for hydroxylation is 1. The fourth-order valence-corrected chi connectivity index (χ4v) is 4.05. The molecule has 2 aliphatic heterocycles. The van der Waals surface area contributed by atoms with Gasteiger partial charge in [0.25, 0.3) is 5.91 Å². The van der Waals surface area contributed by atoms with Crippen LogP contribution in [0.25, 0.3) is 0 Å². The molecule has 0 radical (unpaired) electrons. The molecule has 0 saturated carbocycles. The molecule has 10 heteroatoms. The van der Waals surface area contributed by atoms with Crippen molar-refractivity contribution in [3.8, 4) is 0 Å². The van der Waals surface area contributed by atoms with Crippen molar-refractivity contribution in [2.45, 2.75) is 32.4 Å². The lowest BCUT2D eigenvalue weighted by atomic mass is 10.0. The summed E-state index contributed by atoms with van der Waals surface area (Å²) < 4.78 is 7.08. The van der Waals surface area contributed by atoms with E-state index in [-0.39, 0.29) is 30.6 Å². The summed E-state index contributed by atoms with van der Waals surface area (Å²) in [5.41, 5.74) is 2.97. The molecule has 0 bridgehead atoms. The molecule has 1 N–H and O–H groups in total. The van der Waals surface area contributed by atoms with Gasteiger partial charge in [0.05, 0.1) is 25.5 Å². The number of ether oxygens (including phenoxy) is 1. The Hall–Kier alpha value is -3.27. The molecule has 3 amide bonds. The summed E-state index contributed by atoms with van der Waals surface area (Å²) in [7, 11) is 1.83. The second-order valence-corrected chi connectivity index (χ2v) is 7.97. The number of rotatable bonds is 6. The Kier molecular flexibility index (Phi) is 6.79. The van der Waals surface area contributed by atoms with Crippen LogP contribution in [0.4, 0.5) is 0 Å². The lowest BCUT2D eigenvalue weighted by Crippen LogP contribution is -2.42. The number of hydrogen-bond acceptors (Lipinski definition) is 6. The number of nitrogens with one attached hydrogen (secondary N) is 1. The molecule has 0 aliphatic carbocycles. The summed E-state index contributed by atoms with van der Waals surface area (Å²) in [6.45, 7) is 3.35. The fraction of sp³-hybridized carbons (Fsp3) is 0.500. The Morgan fingerprint density at radius 3 is 2.66 bits per heavy atom. The third-order valence-corrected chi connectivity index (χ3v) is 5.85. The standard InChI is InChI=1S/C22H28N6O4/c1-26-18-7-9-28(15-17(18)21(25-26)22(31)27-10-12-32-13-11-27)20(30)6-5-19(29)24-14-16-4-2-3-8-23-16/h2-4,8H,5-7,9-15H2,1H3,(H,24,29). The first-order valence-corrected chi connectivity index (χ1v) is 10.9. The minimum atomic E-state index is -0.189. The highest BCUT2D eigenvalue weighted by atomic mass is 16.5. The third-order valence-electron chi connectivity index (χ3n) is 5.85. The predicted octanol–water partition coefficient (Wildman–Crippen LogP) is 0.269. The van der Waals surface area contributed by atoms with E-state index in [1.54, 1.807) is 20.7 Å².